The van der Waals surface area contributed by atoms with E-state index in [-0.39, 0.29) is 11.4 Å². The Balaban J connectivity index is 2.19. The van der Waals surface area contributed by atoms with E-state index in [1.165, 1.54) is 6.07 Å². The van der Waals surface area contributed by atoms with Crippen LogP contribution in [0.2, 0.25) is 5.02 Å². The van der Waals surface area contributed by atoms with Gasteiger partial charge >= 0.3 is 0 Å². The minimum absolute atomic E-state index is 0.0859. The molecule has 1 nitrogen and oxygen atoms in total. The molecule has 1 atom stereocenters. The van der Waals surface area contributed by atoms with Gasteiger partial charge in [-0.2, -0.15) is 0 Å². The highest BCUT2D eigenvalue weighted by Gasteiger charge is 2.12. The second kappa shape index (κ2) is 5.30. The zero-order valence-corrected chi connectivity index (χ0v) is 9.86. The molecule has 0 aliphatic carbocycles. The van der Waals surface area contributed by atoms with E-state index in [0.717, 1.165) is 5.56 Å². The van der Waals surface area contributed by atoms with Crippen LogP contribution in [-0.4, -0.2) is 5.11 Å². The Morgan fingerprint density at radius 3 is 2.47 bits per heavy atom. The van der Waals surface area contributed by atoms with Crippen molar-refractivity contribution in [2.75, 3.05) is 0 Å². The van der Waals surface area contributed by atoms with Gasteiger partial charge in [0.2, 0.25) is 0 Å². The van der Waals surface area contributed by atoms with Crippen molar-refractivity contribution in [3.05, 3.63) is 70.5 Å². The van der Waals surface area contributed by atoms with Gasteiger partial charge in [-0.25, -0.2) is 4.39 Å². The predicted molar refractivity (Wildman–Crippen MR) is 66.5 cm³/mol. The highest BCUT2D eigenvalue weighted by atomic mass is 35.5. The van der Waals surface area contributed by atoms with Gasteiger partial charge in [0.05, 0.1) is 11.1 Å². The van der Waals surface area contributed by atoms with Crippen molar-refractivity contribution in [2.24, 2.45) is 0 Å². The van der Waals surface area contributed by atoms with Crippen LogP contribution in [0.4, 0.5) is 4.39 Å². The molecule has 0 fully saturated rings. The van der Waals surface area contributed by atoms with Gasteiger partial charge in [-0.05, 0) is 17.2 Å². The van der Waals surface area contributed by atoms with Gasteiger partial charge in [-0.15, -0.1) is 0 Å². The van der Waals surface area contributed by atoms with Crippen LogP contribution in [0.5, 0.6) is 0 Å². The van der Waals surface area contributed by atoms with Crippen molar-refractivity contribution in [2.45, 2.75) is 12.5 Å². The molecule has 0 bridgehead atoms. The smallest absolute Gasteiger partial charge is 0.145 e. The number of hydrogen-bond donors (Lipinski definition) is 1. The zero-order chi connectivity index (χ0) is 12.3. The fraction of sp³-hybridized carbons (Fsp3) is 0.143. The van der Waals surface area contributed by atoms with E-state index in [9.17, 15) is 9.50 Å². The Morgan fingerprint density at radius 2 is 1.76 bits per heavy atom. The molecular formula is C14H12ClFO. The van der Waals surface area contributed by atoms with Crippen molar-refractivity contribution in [3.8, 4) is 0 Å². The number of hydrogen-bond acceptors (Lipinski definition) is 1. The lowest BCUT2D eigenvalue weighted by Crippen LogP contribution is -2.03. The number of halogens is 2. The summed E-state index contributed by atoms with van der Waals surface area (Å²) in [7, 11) is 0. The Kier molecular flexibility index (Phi) is 3.77. The molecule has 2 rings (SSSR count). The summed E-state index contributed by atoms with van der Waals surface area (Å²) in [5.74, 6) is -0.454. The molecule has 1 unspecified atom stereocenters. The average molecular weight is 251 g/mol. The van der Waals surface area contributed by atoms with Crippen LogP contribution in [0.1, 0.15) is 17.2 Å². The van der Waals surface area contributed by atoms with Gasteiger partial charge < -0.3 is 5.11 Å². The first kappa shape index (κ1) is 12.1. The molecule has 0 saturated carbocycles. The molecule has 0 saturated heterocycles. The van der Waals surface area contributed by atoms with Crippen LogP contribution in [0.15, 0.2) is 48.5 Å². The normalized spacial score (nSPS) is 12.4. The summed E-state index contributed by atoms with van der Waals surface area (Å²) in [6, 6.07) is 14.0. The summed E-state index contributed by atoms with van der Waals surface area (Å²) in [6.45, 7) is 0. The average Bonchev–Trinajstić information content (AvgIpc) is 2.36. The van der Waals surface area contributed by atoms with E-state index in [1.807, 2.05) is 30.3 Å². The molecule has 17 heavy (non-hydrogen) atoms. The Morgan fingerprint density at radius 1 is 1.06 bits per heavy atom. The summed E-state index contributed by atoms with van der Waals surface area (Å²) in [5, 5.41) is 10.1. The third kappa shape index (κ3) is 2.84. The SMILES string of the molecule is OC(Cc1cccc(Cl)c1F)c1ccccc1. The van der Waals surface area contributed by atoms with Gasteiger partial charge in [-0.1, -0.05) is 54.1 Å². The summed E-state index contributed by atoms with van der Waals surface area (Å²) < 4.78 is 13.6. The Bertz CT molecular complexity index is 499. The maximum atomic E-state index is 13.6. The maximum absolute atomic E-state index is 13.6. The van der Waals surface area contributed by atoms with Crippen LogP contribution in [-0.2, 0) is 6.42 Å². The summed E-state index contributed by atoms with van der Waals surface area (Å²) in [5.41, 5.74) is 1.20. The first-order valence-corrected chi connectivity index (χ1v) is 5.72. The number of aliphatic hydroxyl groups is 1. The zero-order valence-electron chi connectivity index (χ0n) is 9.11. The molecule has 0 spiro atoms. The van der Waals surface area contributed by atoms with E-state index in [1.54, 1.807) is 12.1 Å². The molecule has 2 aromatic carbocycles. The van der Waals surface area contributed by atoms with Gasteiger partial charge in [0, 0.05) is 6.42 Å². The molecule has 0 aliphatic heterocycles. The van der Waals surface area contributed by atoms with E-state index in [4.69, 9.17) is 11.6 Å². The maximum Gasteiger partial charge on any atom is 0.145 e. The van der Waals surface area contributed by atoms with E-state index >= 15 is 0 Å². The topological polar surface area (TPSA) is 20.2 Å². The van der Waals surface area contributed by atoms with Crippen LogP contribution >= 0.6 is 11.6 Å². The minimum Gasteiger partial charge on any atom is -0.388 e. The van der Waals surface area contributed by atoms with Crippen molar-refractivity contribution >= 4 is 11.6 Å². The minimum atomic E-state index is -0.718. The second-order valence-corrected chi connectivity index (χ2v) is 4.25. The summed E-state index contributed by atoms with van der Waals surface area (Å²) >= 11 is 5.69. The molecule has 88 valence electrons. The van der Waals surface area contributed by atoms with Crippen molar-refractivity contribution in [1.82, 2.24) is 0 Å². The van der Waals surface area contributed by atoms with E-state index in [0.29, 0.717) is 5.56 Å². The summed E-state index contributed by atoms with van der Waals surface area (Å²) in [6.07, 6.45) is -0.500. The predicted octanol–water partition coefficient (Wildman–Crippen LogP) is 3.76. The molecular weight excluding hydrogens is 239 g/mol. The first-order valence-electron chi connectivity index (χ1n) is 5.34. The third-order valence-electron chi connectivity index (χ3n) is 2.63. The fourth-order valence-electron chi connectivity index (χ4n) is 1.71. The largest absolute Gasteiger partial charge is 0.388 e. The molecule has 0 heterocycles. The van der Waals surface area contributed by atoms with Crippen LogP contribution in [0.3, 0.4) is 0 Å². The number of rotatable bonds is 3. The standard InChI is InChI=1S/C14H12ClFO/c15-12-8-4-7-11(14(12)16)9-13(17)10-5-2-1-3-6-10/h1-8,13,17H,9H2. The molecule has 0 aromatic heterocycles. The first-order chi connectivity index (χ1) is 8.18. The summed E-state index contributed by atoms with van der Waals surface area (Å²) in [4.78, 5) is 0. The highest BCUT2D eigenvalue weighted by Crippen LogP contribution is 2.23. The van der Waals surface area contributed by atoms with Gasteiger partial charge in [0.15, 0.2) is 0 Å². The van der Waals surface area contributed by atoms with Crippen LogP contribution in [0, 0.1) is 5.82 Å². The molecule has 0 aliphatic rings. The Labute approximate surface area is 104 Å². The van der Waals surface area contributed by atoms with Crippen LogP contribution in [0.25, 0.3) is 0 Å². The van der Waals surface area contributed by atoms with E-state index < -0.39 is 11.9 Å². The van der Waals surface area contributed by atoms with Gasteiger partial charge in [0.25, 0.3) is 0 Å². The molecule has 1 N–H and O–H groups in total. The number of benzene rings is 2. The van der Waals surface area contributed by atoms with Gasteiger partial charge in [0.1, 0.15) is 5.82 Å². The van der Waals surface area contributed by atoms with E-state index in [2.05, 4.69) is 0 Å². The lowest BCUT2D eigenvalue weighted by Gasteiger charge is -2.11. The van der Waals surface area contributed by atoms with Crippen molar-refractivity contribution in [3.63, 3.8) is 0 Å². The second-order valence-electron chi connectivity index (χ2n) is 3.84. The highest BCUT2D eigenvalue weighted by molar-refractivity contribution is 6.30. The third-order valence-corrected chi connectivity index (χ3v) is 2.92. The molecule has 0 amide bonds. The number of aliphatic hydroxyl groups excluding tert-OH is 1. The van der Waals surface area contributed by atoms with Gasteiger partial charge in [-0.3, -0.25) is 0 Å². The molecule has 3 heteroatoms. The van der Waals surface area contributed by atoms with Crippen molar-refractivity contribution < 1.29 is 9.50 Å². The Hall–Kier alpha value is -1.38. The van der Waals surface area contributed by atoms with Crippen LogP contribution < -0.4 is 0 Å². The van der Waals surface area contributed by atoms with Crippen molar-refractivity contribution in [1.29, 1.82) is 0 Å². The molecule has 0 radical (unpaired) electrons. The fourth-order valence-corrected chi connectivity index (χ4v) is 1.90. The lowest BCUT2D eigenvalue weighted by atomic mass is 10.0. The molecule has 2 aromatic rings. The monoisotopic (exact) mass is 250 g/mol. The quantitative estimate of drug-likeness (QED) is 0.880. The lowest BCUT2D eigenvalue weighted by molar-refractivity contribution is 0.177.